The molecule has 90 valence electrons. The van der Waals surface area contributed by atoms with Crippen molar-refractivity contribution in [3.63, 3.8) is 0 Å². The van der Waals surface area contributed by atoms with Gasteiger partial charge in [-0.25, -0.2) is 4.68 Å². The summed E-state index contributed by atoms with van der Waals surface area (Å²) in [6.07, 6.45) is 3.18. The van der Waals surface area contributed by atoms with E-state index in [1.165, 1.54) is 0 Å². The van der Waals surface area contributed by atoms with E-state index in [0.29, 0.717) is 12.6 Å². The Morgan fingerprint density at radius 3 is 2.88 bits per heavy atom. The number of nitrogens with zero attached hydrogens (tertiary/aromatic N) is 2. The molecule has 0 radical (unpaired) electrons. The highest BCUT2D eigenvalue weighted by Gasteiger charge is 2.03. The maximum absolute atomic E-state index is 11.5. The average molecular weight is 223 g/mol. The highest BCUT2D eigenvalue weighted by molar-refractivity contribution is 4.96. The lowest BCUT2D eigenvalue weighted by atomic mass is 10.1. The van der Waals surface area contributed by atoms with Crippen molar-refractivity contribution in [2.75, 3.05) is 7.05 Å². The van der Waals surface area contributed by atoms with Crippen molar-refractivity contribution in [3.05, 3.63) is 28.2 Å². The number of hydrogen-bond donors (Lipinski definition) is 1. The van der Waals surface area contributed by atoms with Crippen molar-refractivity contribution in [1.82, 2.24) is 15.1 Å². The molecule has 1 atom stereocenters. The van der Waals surface area contributed by atoms with Gasteiger partial charge in [-0.1, -0.05) is 6.92 Å². The summed E-state index contributed by atoms with van der Waals surface area (Å²) < 4.78 is 1.55. The molecule has 0 saturated heterocycles. The van der Waals surface area contributed by atoms with Gasteiger partial charge in [-0.3, -0.25) is 4.79 Å². The van der Waals surface area contributed by atoms with Crippen LogP contribution in [0.5, 0.6) is 0 Å². The lowest BCUT2D eigenvalue weighted by Gasteiger charge is -2.13. The Morgan fingerprint density at radius 2 is 2.25 bits per heavy atom. The maximum Gasteiger partial charge on any atom is 0.266 e. The third kappa shape index (κ3) is 3.77. The molecule has 0 aliphatic carbocycles. The maximum atomic E-state index is 11.5. The summed E-state index contributed by atoms with van der Waals surface area (Å²) >= 11 is 0. The van der Waals surface area contributed by atoms with E-state index in [1.54, 1.807) is 16.8 Å². The third-order valence-corrected chi connectivity index (χ3v) is 2.82. The summed E-state index contributed by atoms with van der Waals surface area (Å²) in [6, 6.07) is 3.87. The summed E-state index contributed by atoms with van der Waals surface area (Å²) in [7, 11) is 1.98. The van der Waals surface area contributed by atoms with Gasteiger partial charge in [0.25, 0.3) is 5.56 Å². The van der Waals surface area contributed by atoms with E-state index in [1.807, 2.05) is 14.0 Å². The number of nitrogens with one attached hydrogen (secondary N) is 1. The van der Waals surface area contributed by atoms with Crippen LogP contribution in [0.3, 0.4) is 0 Å². The van der Waals surface area contributed by atoms with E-state index < -0.39 is 0 Å². The van der Waals surface area contributed by atoms with Gasteiger partial charge in [-0.2, -0.15) is 5.10 Å². The molecular formula is C12H21N3O. The molecule has 0 saturated carbocycles. The highest BCUT2D eigenvalue weighted by atomic mass is 16.1. The highest BCUT2D eigenvalue weighted by Crippen LogP contribution is 2.01. The Labute approximate surface area is 96.7 Å². The van der Waals surface area contributed by atoms with Crippen LogP contribution >= 0.6 is 0 Å². The summed E-state index contributed by atoms with van der Waals surface area (Å²) in [6.45, 7) is 4.77. The van der Waals surface area contributed by atoms with Gasteiger partial charge in [0, 0.05) is 18.7 Å². The van der Waals surface area contributed by atoms with Crippen molar-refractivity contribution in [2.45, 2.75) is 45.7 Å². The van der Waals surface area contributed by atoms with Crippen LogP contribution in [0, 0.1) is 6.92 Å². The summed E-state index contributed by atoms with van der Waals surface area (Å²) in [5.41, 5.74) is 0.878. The second-order valence-corrected chi connectivity index (χ2v) is 4.07. The van der Waals surface area contributed by atoms with E-state index in [4.69, 9.17) is 0 Å². The minimum absolute atomic E-state index is 0.0110. The molecule has 0 aliphatic heterocycles. The van der Waals surface area contributed by atoms with Crippen molar-refractivity contribution >= 4 is 0 Å². The quantitative estimate of drug-likeness (QED) is 0.791. The molecule has 16 heavy (non-hydrogen) atoms. The Balaban J connectivity index is 2.48. The van der Waals surface area contributed by atoms with E-state index in [0.717, 1.165) is 25.0 Å². The predicted molar refractivity (Wildman–Crippen MR) is 65.6 cm³/mol. The van der Waals surface area contributed by atoms with Gasteiger partial charge in [-0.15, -0.1) is 0 Å². The van der Waals surface area contributed by atoms with Crippen LogP contribution in [-0.2, 0) is 6.54 Å². The first kappa shape index (κ1) is 12.9. The van der Waals surface area contributed by atoms with Gasteiger partial charge >= 0.3 is 0 Å². The van der Waals surface area contributed by atoms with Crippen LogP contribution in [-0.4, -0.2) is 22.9 Å². The van der Waals surface area contributed by atoms with Gasteiger partial charge in [-0.05, 0) is 39.3 Å². The van der Waals surface area contributed by atoms with Gasteiger partial charge < -0.3 is 5.32 Å². The number of rotatable bonds is 6. The summed E-state index contributed by atoms with van der Waals surface area (Å²) in [5.74, 6) is 0. The lowest BCUT2D eigenvalue weighted by molar-refractivity contribution is 0.447. The zero-order valence-electron chi connectivity index (χ0n) is 10.4. The van der Waals surface area contributed by atoms with Crippen LogP contribution < -0.4 is 10.9 Å². The number of hydrogen-bond acceptors (Lipinski definition) is 3. The molecule has 0 spiro atoms. The fraction of sp³-hybridized carbons (Fsp3) is 0.667. The smallest absolute Gasteiger partial charge is 0.266 e. The molecule has 0 bridgehead atoms. The minimum Gasteiger partial charge on any atom is -0.317 e. The van der Waals surface area contributed by atoms with Crippen LogP contribution in [0.4, 0.5) is 0 Å². The summed E-state index contributed by atoms with van der Waals surface area (Å²) in [5, 5.41) is 7.46. The van der Waals surface area contributed by atoms with Crippen molar-refractivity contribution in [1.29, 1.82) is 0 Å². The van der Waals surface area contributed by atoms with Crippen molar-refractivity contribution in [3.8, 4) is 0 Å². The topological polar surface area (TPSA) is 46.9 Å². The van der Waals surface area contributed by atoms with Crippen LogP contribution in [0.1, 0.15) is 31.9 Å². The molecule has 1 aromatic rings. The van der Waals surface area contributed by atoms with E-state index in [2.05, 4.69) is 17.3 Å². The second kappa shape index (κ2) is 6.43. The normalized spacial score (nSPS) is 12.7. The van der Waals surface area contributed by atoms with Gasteiger partial charge in [0.15, 0.2) is 0 Å². The van der Waals surface area contributed by atoms with Crippen LogP contribution in [0.25, 0.3) is 0 Å². The molecule has 0 fully saturated rings. The van der Waals surface area contributed by atoms with Gasteiger partial charge in [0.05, 0.1) is 5.69 Å². The molecule has 1 rings (SSSR count). The van der Waals surface area contributed by atoms with E-state index >= 15 is 0 Å². The molecule has 1 aromatic heterocycles. The third-order valence-electron chi connectivity index (χ3n) is 2.82. The first-order valence-corrected chi connectivity index (χ1v) is 5.89. The molecule has 1 N–H and O–H groups in total. The number of aryl methyl sites for hydroxylation is 2. The van der Waals surface area contributed by atoms with E-state index in [9.17, 15) is 4.79 Å². The fourth-order valence-corrected chi connectivity index (χ4v) is 1.75. The average Bonchev–Trinajstić information content (AvgIpc) is 2.29. The Morgan fingerprint density at radius 1 is 1.50 bits per heavy atom. The first-order chi connectivity index (χ1) is 7.67. The zero-order valence-corrected chi connectivity index (χ0v) is 10.4. The predicted octanol–water partition coefficient (Wildman–Crippen LogP) is 1.33. The van der Waals surface area contributed by atoms with Gasteiger partial charge in [0.1, 0.15) is 0 Å². The first-order valence-electron chi connectivity index (χ1n) is 5.89. The van der Waals surface area contributed by atoms with Gasteiger partial charge in [0.2, 0.25) is 0 Å². The largest absolute Gasteiger partial charge is 0.317 e. The minimum atomic E-state index is -0.0110. The Bertz CT molecular complexity index is 369. The Hall–Kier alpha value is -1.16. The lowest BCUT2D eigenvalue weighted by Crippen LogP contribution is -2.26. The molecule has 4 nitrogen and oxygen atoms in total. The summed E-state index contributed by atoms with van der Waals surface area (Å²) in [4.78, 5) is 11.5. The standard InChI is InChI=1S/C12H21N3O/c1-4-11(13-3)6-5-9-15-12(16)8-7-10(2)14-15/h7-8,11,13H,4-6,9H2,1-3H3. The van der Waals surface area contributed by atoms with Crippen molar-refractivity contribution < 1.29 is 0 Å². The zero-order chi connectivity index (χ0) is 12.0. The molecule has 0 amide bonds. The van der Waals surface area contributed by atoms with Crippen LogP contribution in [0.15, 0.2) is 16.9 Å². The van der Waals surface area contributed by atoms with Crippen molar-refractivity contribution in [2.24, 2.45) is 0 Å². The molecule has 1 heterocycles. The fourth-order valence-electron chi connectivity index (χ4n) is 1.75. The second-order valence-electron chi connectivity index (χ2n) is 4.07. The van der Waals surface area contributed by atoms with E-state index in [-0.39, 0.29) is 5.56 Å². The van der Waals surface area contributed by atoms with Crippen LogP contribution in [0.2, 0.25) is 0 Å². The SMILES string of the molecule is CCC(CCCn1nc(C)ccc1=O)NC. The Kier molecular flexibility index (Phi) is 5.19. The number of aromatic nitrogens is 2. The molecule has 1 unspecified atom stereocenters. The molecular weight excluding hydrogens is 202 g/mol. The molecule has 0 aromatic carbocycles. The molecule has 0 aliphatic rings. The molecule has 4 heteroatoms. The monoisotopic (exact) mass is 223 g/mol.